The van der Waals surface area contributed by atoms with E-state index in [-0.39, 0.29) is 12.1 Å². The largest absolute Gasteiger partial charge is 0.417 e. The van der Waals surface area contributed by atoms with Crippen LogP contribution in [-0.2, 0) is 12.7 Å². The van der Waals surface area contributed by atoms with Crippen molar-refractivity contribution in [2.45, 2.75) is 12.7 Å². The molecule has 0 saturated carbocycles. The smallest absolute Gasteiger partial charge is 0.330 e. The minimum Gasteiger partial charge on any atom is -0.330 e. The Morgan fingerprint density at radius 2 is 2.00 bits per heavy atom. The number of carbonyl (C=O) groups excluding carboxylic acids is 1. The lowest BCUT2D eigenvalue weighted by molar-refractivity contribution is -0.137. The predicted octanol–water partition coefficient (Wildman–Crippen LogP) is 2.78. The number of imidazole rings is 1. The van der Waals surface area contributed by atoms with Crippen molar-refractivity contribution in [3.63, 3.8) is 0 Å². The number of Topliss-reactive ketones (excluding diaryl/α,β-unsaturated/α-hetero) is 1. The lowest BCUT2D eigenvalue weighted by Gasteiger charge is -2.11. The SMILES string of the molecule is O=C(Cn1ccnc1)c1ccccc1C(F)(F)F. The standard InChI is InChI=1S/C12H9F3N2O/c13-12(14,15)10-4-2-1-3-9(10)11(18)7-17-6-5-16-8-17/h1-6,8H,7H2. The number of hydrogen-bond donors (Lipinski definition) is 0. The van der Waals surface area contributed by atoms with Crippen LogP contribution in [0, 0.1) is 0 Å². The molecule has 1 aromatic carbocycles. The van der Waals surface area contributed by atoms with E-state index in [1.807, 2.05) is 0 Å². The van der Waals surface area contributed by atoms with Gasteiger partial charge in [-0.15, -0.1) is 0 Å². The van der Waals surface area contributed by atoms with E-state index in [4.69, 9.17) is 0 Å². The van der Waals surface area contributed by atoms with Crippen LogP contribution in [0.5, 0.6) is 0 Å². The van der Waals surface area contributed by atoms with Crippen molar-refractivity contribution in [2.75, 3.05) is 0 Å². The Morgan fingerprint density at radius 3 is 2.61 bits per heavy atom. The van der Waals surface area contributed by atoms with Gasteiger partial charge in [0.2, 0.25) is 0 Å². The normalized spacial score (nSPS) is 11.5. The van der Waals surface area contributed by atoms with Gasteiger partial charge in [0.15, 0.2) is 5.78 Å². The maximum absolute atomic E-state index is 12.7. The Kier molecular flexibility index (Phi) is 3.18. The summed E-state index contributed by atoms with van der Waals surface area (Å²) in [6, 6.07) is 4.76. The second-order valence-corrected chi connectivity index (χ2v) is 3.70. The molecule has 2 aromatic rings. The second-order valence-electron chi connectivity index (χ2n) is 3.70. The summed E-state index contributed by atoms with van der Waals surface area (Å²) in [7, 11) is 0. The molecular formula is C12H9F3N2O. The highest BCUT2D eigenvalue weighted by Gasteiger charge is 2.34. The van der Waals surface area contributed by atoms with Gasteiger partial charge in [0, 0.05) is 18.0 Å². The van der Waals surface area contributed by atoms with Crippen LogP contribution < -0.4 is 0 Å². The molecule has 0 atom stereocenters. The molecule has 1 heterocycles. The molecule has 6 heteroatoms. The first-order valence-corrected chi connectivity index (χ1v) is 5.13. The molecule has 1 aromatic heterocycles. The van der Waals surface area contributed by atoms with Gasteiger partial charge in [0.1, 0.15) is 0 Å². The first kappa shape index (κ1) is 12.3. The van der Waals surface area contributed by atoms with Crippen molar-refractivity contribution in [2.24, 2.45) is 0 Å². The van der Waals surface area contributed by atoms with Crippen molar-refractivity contribution in [1.82, 2.24) is 9.55 Å². The average Bonchev–Trinajstić information content (AvgIpc) is 2.80. The van der Waals surface area contributed by atoms with E-state index in [0.717, 1.165) is 6.07 Å². The summed E-state index contributed by atoms with van der Waals surface area (Å²) in [5, 5.41) is 0. The summed E-state index contributed by atoms with van der Waals surface area (Å²) in [4.78, 5) is 15.6. The van der Waals surface area contributed by atoms with Gasteiger partial charge in [-0.1, -0.05) is 18.2 Å². The molecule has 0 aliphatic heterocycles. The minimum absolute atomic E-state index is 0.160. The fourth-order valence-corrected chi connectivity index (χ4v) is 1.60. The second kappa shape index (κ2) is 4.64. The van der Waals surface area contributed by atoms with E-state index in [9.17, 15) is 18.0 Å². The Bertz CT molecular complexity index is 547. The fourth-order valence-electron chi connectivity index (χ4n) is 1.60. The van der Waals surface area contributed by atoms with Gasteiger partial charge in [-0.05, 0) is 6.07 Å². The van der Waals surface area contributed by atoms with Crippen LogP contribution in [0.2, 0.25) is 0 Å². The molecular weight excluding hydrogens is 245 g/mol. The molecule has 0 aliphatic carbocycles. The predicted molar refractivity (Wildman–Crippen MR) is 58.0 cm³/mol. The first-order chi connectivity index (χ1) is 8.48. The van der Waals surface area contributed by atoms with Crippen LogP contribution in [0.15, 0.2) is 43.0 Å². The van der Waals surface area contributed by atoms with Gasteiger partial charge in [-0.25, -0.2) is 4.98 Å². The fraction of sp³-hybridized carbons (Fsp3) is 0.167. The quantitative estimate of drug-likeness (QED) is 0.789. The zero-order valence-electron chi connectivity index (χ0n) is 9.19. The topological polar surface area (TPSA) is 34.9 Å². The van der Waals surface area contributed by atoms with Crippen molar-refractivity contribution in [3.05, 3.63) is 54.1 Å². The van der Waals surface area contributed by atoms with Crippen molar-refractivity contribution >= 4 is 5.78 Å². The summed E-state index contributed by atoms with van der Waals surface area (Å²) in [5.41, 5.74) is -1.23. The Hall–Kier alpha value is -2.11. The van der Waals surface area contributed by atoms with E-state index in [2.05, 4.69) is 4.98 Å². The highest BCUT2D eigenvalue weighted by atomic mass is 19.4. The highest BCUT2D eigenvalue weighted by molar-refractivity contribution is 5.97. The molecule has 0 bridgehead atoms. The molecule has 0 N–H and O–H groups in total. The van der Waals surface area contributed by atoms with Gasteiger partial charge >= 0.3 is 6.18 Å². The number of halogens is 3. The van der Waals surface area contributed by atoms with Gasteiger partial charge < -0.3 is 4.57 Å². The molecule has 0 radical (unpaired) electrons. The average molecular weight is 254 g/mol. The minimum atomic E-state index is -4.53. The summed E-state index contributed by atoms with van der Waals surface area (Å²) < 4.78 is 39.6. The van der Waals surface area contributed by atoms with Gasteiger partial charge in [-0.3, -0.25) is 4.79 Å². The monoisotopic (exact) mass is 254 g/mol. The number of rotatable bonds is 3. The molecule has 0 aliphatic rings. The van der Waals surface area contributed by atoms with E-state index >= 15 is 0 Å². The van der Waals surface area contributed by atoms with Crippen LogP contribution in [0.25, 0.3) is 0 Å². The van der Waals surface area contributed by atoms with Gasteiger partial charge in [-0.2, -0.15) is 13.2 Å². The molecule has 18 heavy (non-hydrogen) atoms. The molecule has 0 amide bonds. The lowest BCUT2D eigenvalue weighted by atomic mass is 10.0. The van der Waals surface area contributed by atoms with E-state index < -0.39 is 17.5 Å². The third-order valence-electron chi connectivity index (χ3n) is 2.42. The van der Waals surface area contributed by atoms with Crippen molar-refractivity contribution in [1.29, 1.82) is 0 Å². The third-order valence-corrected chi connectivity index (χ3v) is 2.42. The van der Waals surface area contributed by atoms with Crippen molar-refractivity contribution in [3.8, 4) is 0 Å². The van der Waals surface area contributed by atoms with Gasteiger partial charge in [0.25, 0.3) is 0 Å². The maximum Gasteiger partial charge on any atom is 0.417 e. The molecule has 0 saturated heterocycles. The highest BCUT2D eigenvalue weighted by Crippen LogP contribution is 2.32. The number of ketones is 1. The summed E-state index contributed by atoms with van der Waals surface area (Å²) in [6.45, 7) is -0.160. The van der Waals surface area contributed by atoms with E-state index in [1.54, 1.807) is 0 Å². The summed E-state index contributed by atoms with van der Waals surface area (Å²) in [6.07, 6.45) is -0.160. The Morgan fingerprint density at radius 1 is 1.28 bits per heavy atom. The van der Waals surface area contributed by atoms with E-state index in [0.29, 0.717) is 0 Å². The Balaban J connectivity index is 2.31. The van der Waals surface area contributed by atoms with Crippen LogP contribution >= 0.6 is 0 Å². The molecule has 3 nitrogen and oxygen atoms in total. The van der Waals surface area contributed by atoms with Crippen LogP contribution in [0.1, 0.15) is 15.9 Å². The number of aromatic nitrogens is 2. The summed E-state index contributed by atoms with van der Waals surface area (Å²) in [5.74, 6) is -0.596. The zero-order valence-corrected chi connectivity index (χ0v) is 9.19. The number of nitrogens with zero attached hydrogens (tertiary/aromatic N) is 2. The van der Waals surface area contributed by atoms with Crippen LogP contribution in [0.4, 0.5) is 13.2 Å². The number of alkyl halides is 3. The number of benzene rings is 1. The third kappa shape index (κ3) is 2.58. The number of carbonyl (C=O) groups is 1. The Labute approximate surface area is 101 Å². The molecule has 2 rings (SSSR count). The van der Waals surface area contributed by atoms with Crippen molar-refractivity contribution < 1.29 is 18.0 Å². The molecule has 94 valence electrons. The lowest BCUT2D eigenvalue weighted by Crippen LogP contribution is -2.16. The molecule has 0 unspecified atom stereocenters. The molecule has 0 spiro atoms. The van der Waals surface area contributed by atoms with Crippen LogP contribution in [0.3, 0.4) is 0 Å². The molecule has 0 fully saturated rings. The van der Waals surface area contributed by atoms with Gasteiger partial charge in [0.05, 0.1) is 18.4 Å². The van der Waals surface area contributed by atoms with Crippen LogP contribution in [-0.4, -0.2) is 15.3 Å². The zero-order chi connectivity index (χ0) is 13.2. The number of hydrogen-bond acceptors (Lipinski definition) is 2. The first-order valence-electron chi connectivity index (χ1n) is 5.13. The maximum atomic E-state index is 12.7. The van der Waals surface area contributed by atoms with E-state index in [1.165, 1.54) is 41.5 Å². The summed E-state index contributed by atoms with van der Waals surface area (Å²) >= 11 is 0.